The summed E-state index contributed by atoms with van der Waals surface area (Å²) in [7, 11) is 0. The third-order valence-corrected chi connectivity index (χ3v) is 3.40. The Kier molecular flexibility index (Phi) is 3.47. The zero-order valence-electron chi connectivity index (χ0n) is 10.7. The zero-order valence-corrected chi connectivity index (χ0v) is 12.3. The maximum Gasteiger partial charge on any atom is 0.147 e. The lowest BCUT2D eigenvalue weighted by molar-refractivity contribution is 0.574. The molecule has 0 unspecified atom stereocenters. The van der Waals surface area contributed by atoms with Gasteiger partial charge in [0.25, 0.3) is 0 Å². The Bertz CT molecular complexity index is 746. The number of aryl methyl sites for hydroxylation is 1. The van der Waals surface area contributed by atoms with Crippen LogP contribution in [-0.4, -0.2) is 21.1 Å². The number of aromatic nitrogens is 3. The highest BCUT2D eigenvalue weighted by Gasteiger charge is 2.07. The Morgan fingerprint density at radius 3 is 2.75 bits per heavy atom. The molecule has 3 aromatic rings. The molecule has 3 rings (SSSR count). The normalized spacial score (nSPS) is 11.3. The number of furan rings is 1. The Labute approximate surface area is 124 Å². The van der Waals surface area contributed by atoms with Gasteiger partial charge in [0.2, 0.25) is 0 Å². The fourth-order valence-electron chi connectivity index (χ4n) is 1.77. The summed E-state index contributed by atoms with van der Waals surface area (Å²) < 4.78 is 8.27. The van der Waals surface area contributed by atoms with Crippen LogP contribution in [-0.2, 0) is 0 Å². The van der Waals surface area contributed by atoms with Crippen LogP contribution < -0.4 is 0 Å². The van der Waals surface area contributed by atoms with E-state index in [-0.39, 0.29) is 0 Å². The molecule has 0 radical (unpaired) electrons. The Morgan fingerprint density at radius 1 is 1.20 bits per heavy atom. The van der Waals surface area contributed by atoms with Gasteiger partial charge in [-0.1, -0.05) is 22.0 Å². The molecule has 0 amide bonds. The van der Waals surface area contributed by atoms with Crippen LogP contribution in [0.5, 0.6) is 0 Å². The molecule has 0 spiro atoms. The van der Waals surface area contributed by atoms with Gasteiger partial charge in [-0.2, -0.15) is 5.10 Å². The highest BCUT2D eigenvalue weighted by molar-refractivity contribution is 9.10. The van der Waals surface area contributed by atoms with E-state index >= 15 is 0 Å². The van der Waals surface area contributed by atoms with E-state index in [9.17, 15) is 0 Å². The van der Waals surface area contributed by atoms with E-state index in [1.54, 1.807) is 6.21 Å². The Hall–Kier alpha value is -2.21. The summed E-state index contributed by atoms with van der Waals surface area (Å²) in [6.45, 7) is 2.05. The number of hydrogen-bond acceptors (Lipinski definition) is 4. The van der Waals surface area contributed by atoms with Gasteiger partial charge >= 0.3 is 0 Å². The van der Waals surface area contributed by atoms with Gasteiger partial charge in [0.05, 0.1) is 6.21 Å². The lowest BCUT2D eigenvalue weighted by Crippen LogP contribution is -1.85. The smallest absolute Gasteiger partial charge is 0.147 e. The van der Waals surface area contributed by atoms with E-state index in [4.69, 9.17) is 4.42 Å². The van der Waals surface area contributed by atoms with Crippen LogP contribution in [0.15, 0.2) is 57.0 Å². The predicted octanol–water partition coefficient (Wildman–Crippen LogP) is 3.49. The fraction of sp³-hybridized carbons (Fsp3) is 0.0714. The molecular weight excluding hydrogens is 320 g/mol. The van der Waals surface area contributed by atoms with E-state index in [0.717, 1.165) is 15.8 Å². The molecule has 0 N–H and O–H groups in total. The molecule has 2 heterocycles. The molecule has 20 heavy (non-hydrogen) atoms. The number of halogens is 1. The first-order valence-corrected chi connectivity index (χ1v) is 6.77. The SMILES string of the molecule is Cc1ccc(-c2ccc(/C=N\n3cnnc3)o2)c(Br)c1. The molecule has 6 heteroatoms. The average molecular weight is 331 g/mol. The first-order chi connectivity index (χ1) is 9.72. The van der Waals surface area contributed by atoms with Gasteiger partial charge in [-0.15, -0.1) is 10.2 Å². The van der Waals surface area contributed by atoms with Crippen molar-refractivity contribution in [1.29, 1.82) is 0 Å². The van der Waals surface area contributed by atoms with Crippen LogP contribution in [0.2, 0.25) is 0 Å². The molecular formula is C14H11BrN4O. The van der Waals surface area contributed by atoms with Gasteiger partial charge in [0, 0.05) is 10.0 Å². The lowest BCUT2D eigenvalue weighted by atomic mass is 10.1. The quantitative estimate of drug-likeness (QED) is 0.690. The van der Waals surface area contributed by atoms with Gasteiger partial charge in [0.1, 0.15) is 24.2 Å². The molecule has 100 valence electrons. The average Bonchev–Trinajstić information content (AvgIpc) is 3.07. The number of nitrogens with zero attached hydrogens (tertiary/aromatic N) is 4. The van der Waals surface area contributed by atoms with Crippen molar-refractivity contribution in [3.05, 3.63) is 58.8 Å². The molecule has 0 saturated heterocycles. The summed E-state index contributed by atoms with van der Waals surface area (Å²) in [6, 6.07) is 9.92. The second-order valence-corrected chi connectivity index (χ2v) is 5.13. The standard InChI is InChI=1S/C14H11BrN4O/c1-10-2-4-12(13(15)6-10)14-5-3-11(20-14)7-18-19-8-16-17-9-19/h2-9H,1H3/b18-7-. The van der Waals surface area contributed by atoms with Crippen molar-refractivity contribution in [3.63, 3.8) is 0 Å². The van der Waals surface area contributed by atoms with Crippen LogP contribution in [0, 0.1) is 6.92 Å². The highest BCUT2D eigenvalue weighted by Crippen LogP contribution is 2.30. The Morgan fingerprint density at radius 2 is 2.00 bits per heavy atom. The fourth-order valence-corrected chi connectivity index (χ4v) is 2.45. The zero-order chi connectivity index (χ0) is 13.9. The number of hydrogen-bond donors (Lipinski definition) is 0. The number of rotatable bonds is 3. The molecule has 0 aliphatic rings. The van der Waals surface area contributed by atoms with Gasteiger partial charge in [0.15, 0.2) is 0 Å². The maximum absolute atomic E-state index is 5.76. The molecule has 1 aromatic carbocycles. The minimum Gasteiger partial charge on any atom is -0.455 e. The molecule has 0 fully saturated rings. The molecule has 2 aromatic heterocycles. The second-order valence-electron chi connectivity index (χ2n) is 4.27. The largest absolute Gasteiger partial charge is 0.455 e. The van der Waals surface area contributed by atoms with Crippen LogP contribution >= 0.6 is 15.9 Å². The van der Waals surface area contributed by atoms with Gasteiger partial charge < -0.3 is 4.42 Å². The molecule has 0 atom stereocenters. The topological polar surface area (TPSA) is 56.2 Å². The van der Waals surface area contributed by atoms with Crippen molar-refractivity contribution in [2.75, 3.05) is 0 Å². The van der Waals surface area contributed by atoms with E-state index in [1.165, 1.54) is 22.9 Å². The Balaban J connectivity index is 1.86. The summed E-state index contributed by atoms with van der Waals surface area (Å²) in [6.07, 6.45) is 4.64. The summed E-state index contributed by atoms with van der Waals surface area (Å²) in [5, 5.41) is 11.5. The second kappa shape index (κ2) is 5.42. The van der Waals surface area contributed by atoms with Gasteiger partial charge in [-0.25, -0.2) is 4.68 Å². The van der Waals surface area contributed by atoms with E-state index in [2.05, 4.69) is 37.3 Å². The first kappa shape index (κ1) is 12.8. The minimum absolute atomic E-state index is 0.668. The third-order valence-electron chi connectivity index (χ3n) is 2.74. The highest BCUT2D eigenvalue weighted by atomic mass is 79.9. The van der Waals surface area contributed by atoms with Crippen LogP contribution in [0.1, 0.15) is 11.3 Å². The van der Waals surface area contributed by atoms with E-state index in [0.29, 0.717) is 5.76 Å². The van der Waals surface area contributed by atoms with Crippen LogP contribution in [0.25, 0.3) is 11.3 Å². The van der Waals surface area contributed by atoms with Crippen LogP contribution in [0.4, 0.5) is 0 Å². The summed E-state index contributed by atoms with van der Waals surface area (Å²) >= 11 is 3.55. The van der Waals surface area contributed by atoms with Crippen LogP contribution in [0.3, 0.4) is 0 Å². The van der Waals surface area contributed by atoms with Crippen molar-refractivity contribution in [2.24, 2.45) is 5.10 Å². The summed E-state index contributed by atoms with van der Waals surface area (Å²) in [4.78, 5) is 0. The number of benzene rings is 1. The minimum atomic E-state index is 0.668. The first-order valence-electron chi connectivity index (χ1n) is 5.98. The van der Waals surface area contributed by atoms with Crippen molar-refractivity contribution in [3.8, 4) is 11.3 Å². The molecule has 0 saturated carbocycles. The summed E-state index contributed by atoms with van der Waals surface area (Å²) in [5.41, 5.74) is 2.21. The lowest BCUT2D eigenvalue weighted by Gasteiger charge is -2.01. The molecule has 5 nitrogen and oxygen atoms in total. The molecule has 0 aliphatic carbocycles. The predicted molar refractivity (Wildman–Crippen MR) is 79.6 cm³/mol. The molecule has 0 aliphatic heterocycles. The molecule has 0 bridgehead atoms. The van der Waals surface area contributed by atoms with Gasteiger partial charge in [-0.05, 0) is 36.8 Å². The van der Waals surface area contributed by atoms with Crippen molar-refractivity contribution in [2.45, 2.75) is 6.92 Å². The maximum atomic E-state index is 5.76. The van der Waals surface area contributed by atoms with Crippen molar-refractivity contribution in [1.82, 2.24) is 14.9 Å². The van der Waals surface area contributed by atoms with Gasteiger partial charge in [-0.3, -0.25) is 0 Å². The van der Waals surface area contributed by atoms with Crippen molar-refractivity contribution >= 4 is 22.1 Å². The monoisotopic (exact) mass is 330 g/mol. The summed E-state index contributed by atoms with van der Waals surface area (Å²) in [5.74, 6) is 1.46. The van der Waals surface area contributed by atoms with E-state index in [1.807, 2.05) is 31.2 Å². The van der Waals surface area contributed by atoms with Crippen molar-refractivity contribution < 1.29 is 4.42 Å². The third kappa shape index (κ3) is 2.70. The van der Waals surface area contributed by atoms with E-state index < -0.39 is 0 Å².